The van der Waals surface area contributed by atoms with Gasteiger partial charge in [0.2, 0.25) is 0 Å². The zero-order valence-corrected chi connectivity index (χ0v) is 13.3. The minimum absolute atomic E-state index is 0.0982. The zero-order valence-electron chi connectivity index (χ0n) is 11.7. The molecule has 0 N–H and O–H groups in total. The van der Waals surface area contributed by atoms with Gasteiger partial charge in [0.15, 0.2) is 0 Å². The molecule has 0 spiro atoms. The molecule has 0 radical (unpaired) electrons. The third-order valence-corrected chi connectivity index (χ3v) is 4.16. The minimum atomic E-state index is -0.459. The standard InChI is InChI=1S/C15H18BrNO3/c1-10-6-7-11(16)9-12(10)14(18)17-8-4-3-5-13(17)15(19)20-2/h6-7,9,13H,3-5,8H2,1-2H3. The van der Waals surface area contributed by atoms with E-state index in [9.17, 15) is 9.59 Å². The Hall–Kier alpha value is -1.36. The molecule has 1 heterocycles. The summed E-state index contributed by atoms with van der Waals surface area (Å²) in [6.45, 7) is 2.50. The fraction of sp³-hybridized carbons (Fsp3) is 0.467. The van der Waals surface area contributed by atoms with Gasteiger partial charge in [-0.05, 0) is 43.9 Å². The molecule has 108 valence electrons. The Balaban J connectivity index is 2.30. The van der Waals surface area contributed by atoms with Gasteiger partial charge in [-0.2, -0.15) is 0 Å². The van der Waals surface area contributed by atoms with E-state index in [1.165, 1.54) is 7.11 Å². The van der Waals surface area contributed by atoms with Crippen LogP contribution in [-0.4, -0.2) is 36.5 Å². The summed E-state index contributed by atoms with van der Waals surface area (Å²) >= 11 is 3.38. The van der Waals surface area contributed by atoms with Crippen molar-refractivity contribution < 1.29 is 14.3 Å². The summed E-state index contributed by atoms with van der Waals surface area (Å²) < 4.78 is 5.68. The summed E-state index contributed by atoms with van der Waals surface area (Å²) in [7, 11) is 1.37. The van der Waals surface area contributed by atoms with E-state index >= 15 is 0 Å². The van der Waals surface area contributed by atoms with Crippen LogP contribution in [0.2, 0.25) is 0 Å². The zero-order chi connectivity index (χ0) is 14.7. The molecule has 1 unspecified atom stereocenters. The number of esters is 1. The Morgan fingerprint density at radius 1 is 1.35 bits per heavy atom. The summed E-state index contributed by atoms with van der Waals surface area (Å²) in [5, 5.41) is 0. The van der Waals surface area contributed by atoms with E-state index in [-0.39, 0.29) is 11.9 Å². The largest absolute Gasteiger partial charge is 0.467 e. The number of nitrogens with zero attached hydrogens (tertiary/aromatic N) is 1. The minimum Gasteiger partial charge on any atom is -0.467 e. The lowest BCUT2D eigenvalue weighted by Gasteiger charge is -2.34. The maximum Gasteiger partial charge on any atom is 0.328 e. The van der Waals surface area contributed by atoms with E-state index in [0.29, 0.717) is 18.5 Å². The molecule has 1 aromatic rings. The summed E-state index contributed by atoms with van der Waals surface area (Å²) in [6, 6.07) is 5.15. The number of amides is 1. The molecule has 4 nitrogen and oxygen atoms in total. The van der Waals surface area contributed by atoms with Crippen molar-refractivity contribution in [1.29, 1.82) is 0 Å². The molecule has 1 amide bonds. The van der Waals surface area contributed by atoms with Crippen molar-refractivity contribution in [2.75, 3.05) is 13.7 Å². The third kappa shape index (κ3) is 3.03. The van der Waals surface area contributed by atoms with E-state index in [2.05, 4.69) is 15.9 Å². The molecular formula is C15H18BrNO3. The lowest BCUT2D eigenvalue weighted by molar-refractivity contribution is -0.147. The topological polar surface area (TPSA) is 46.6 Å². The Morgan fingerprint density at radius 3 is 2.80 bits per heavy atom. The Labute approximate surface area is 127 Å². The smallest absolute Gasteiger partial charge is 0.328 e. The van der Waals surface area contributed by atoms with Crippen molar-refractivity contribution in [1.82, 2.24) is 4.90 Å². The van der Waals surface area contributed by atoms with Gasteiger partial charge >= 0.3 is 5.97 Å². The van der Waals surface area contributed by atoms with Crippen LogP contribution in [0.4, 0.5) is 0 Å². The molecule has 1 fully saturated rings. The van der Waals surface area contributed by atoms with Crippen molar-refractivity contribution in [3.63, 3.8) is 0 Å². The van der Waals surface area contributed by atoms with E-state index < -0.39 is 6.04 Å². The van der Waals surface area contributed by atoms with Crippen molar-refractivity contribution in [2.24, 2.45) is 0 Å². The van der Waals surface area contributed by atoms with Crippen LogP contribution >= 0.6 is 15.9 Å². The number of carbonyl (C=O) groups is 2. The number of piperidine rings is 1. The van der Waals surface area contributed by atoms with Gasteiger partial charge in [-0.25, -0.2) is 4.79 Å². The molecule has 1 aliphatic heterocycles. The Kier molecular flexibility index (Phi) is 4.81. The van der Waals surface area contributed by atoms with Crippen molar-refractivity contribution in [3.05, 3.63) is 33.8 Å². The summed E-state index contributed by atoms with van der Waals surface area (Å²) in [6.07, 6.45) is 2.54. The highest BCUT2D eigenvalue weighted by molar-refractivity contribution is 9.10. The second-order valence-electron chi connectivity index (χ2n) is 4.99. The first-order valence-electron chi connectivity index (χ1n) is 6.69. The predicted molar refractivity (Wildman–Crippen MR) is 79.6 cm³/mol. The third-order valence-electron chi connectivity index (χ3n) is 3.67. The lowest BCUT2D eigenvalue weighted by atomic mass is 9.99. The van der Waals surface area contributed by atoms with E-state index in [1.54, 1.807) is 11.0 Å². The number of ether oxygens (including phenoxy) is 1. The highest BCUT2D eigenvalue weighted by Crippen LogP contribution is 2.23. The maximum absolute atomic E-state index is 12.7. The predicted octanol–water partition coefficient (Wildman–Crippen LogP) is 2.93. The van der Waals surface area contributed by atoms with Crippen molar-refractivity contribution in [3.8, 4) is 0 Å². The molecule has 1 saturated heterocycles. The number of carbonyl (C=O) groups excluding carboxylic acids is 2. The molecule has 1 aliphatic rings. The van der Waals surface area contributed by atoms with Gasteiger partial charge in [0.25, 0.3) is 5.91 Å². The Bertz CT molecular complexity index is 530. The van der Waals surface area contributed by atoms with Gasteiger partial charge in [-0.15, -0.1) is 0 Å². The van der Waals surface area contributed by atoms with Gasteiger partial charge < -0.3 is 9.64 Å². The van der Waals surface area contributed by atoms with Crippen LogP contribution in [0.3, 0.4) is 0 Å². The quantitative estimate of drug-likeness (QED) is 0.778. The molecule has 1 atom stereocenters. The monoisotopic (exact) mass is 339 g/mol. The van der Waals surface area contributed by atoms with Gasteiger partial charge in [0, 0.05) is 16.6 Å². The van der Waals surface area contributed by atoms with Gasteiger partial charge in [0.05, 0.1) is 7.11 Å². The highest BCUT2D eigenvalue weighted by atomic mass is 79.9. The fourth-order valence-corrected chi connectivity index (χ4v) is 2.90. The number of methoxy groups -OCH3 is 1. The molecule has 1 aromatic carbocycles. The highest BCUT2D eigenvalue weighted by Gasteiger charge is 2.33. The lowest BCUT2D eigenvalue weighted by Crippen LogP contribution is -2.48. The average molecular weight is 340 g/mol. The van der Waals surface area contributed by atoms with E-state index in [0.717, 1.165) is 22.9 Å². The molecule has 0 aromatic heterocycles. The van der Waals surface area contributed by atoms with Crippen LogP contribution < -0.4 is 0 Å². The summed E-state index contributed by atoms with van der Waals surface area (Å²) in [5.74, 6) is -0.426. The molecular weight excluding hydrogens is 322 g/mol. The summed E-state index contributed by atoms with van der Waals surface area (Å²) in [5.41, 5.74) is 1.54. The van der Waals surface area contributed by atoms with Crippen molar-refractivity contribution >= 4 is 27.8 Å². The van der Waals surface area contributed by atoms with Crippen LogP contribution in [0.15, 0.2) is 22.7 Å². The normalized spacial score (nSPS) is 18.8. The van der Waals surface area contributed by atoms with Gasteiger partial charge in [-0.1, -0.05) is 22.0 Å². The Morgan fingerprint density at radius 2 is 2.10 bits per heavy atom. The average Bonchev–Trinajstić information content (AvgIpc) is 2.48. The van der Waals surface area contributed by atoms with Gasteiger partial charge in [0.1, 0.15) is 6.04 Å². The van der Waals surface area contributed by atoms with Gasteiger partial charge in [-0.3, -0.25) is 4.79 Å². The van der Waals surface area contributed by atoms with Crippen LogP contribution in [0.1, 0.15) is 35.2 Å². The van der Waals surface area contributed by atoms with Crippen LogP contribution in [-0.2, 0) is 9.53 Å². The van der Waals surface area contributed by atoms with Crippen LogP contribution in [0.5, 0.6) is 0 Å². The molecule has 0 saturated carbocycles. The van der Waals surface area contributed by atoms with Crippen LogP contribution in [0.25, 0.3) is 0 Å². The number of benzene rings is 1. The summed E-state index contributed by atoms with van der Waals surface area (Å²) in [4.78, 5) is 26.2. The molecule has 0 bridgehead atoms. The number of likely N-dealkylation sites (tertiary alicyclic amines) is 1. The molecule has 2 rings (SSSR count). The maximum atomic E-state index is 12.7. The second kappa shape index (κ2) is 6.39. The van der Waals surface area contributed by atoms with Crippen LogP contribution in [0, 0.1) is 6.92 Å². The SMILES string of the molecule is COC(=O)C1CCCCN1C(=O)c1cc(Br)ccc1C. The second-order valence-corrected chi connectivity index (χ2v) is 5.91. The molecule has 5 heteroatoms. The first kappa shape index (κ1) is 15.0. The molecule has 0 aliphatic carbocycles. The first-order valence-corrected chi connectivity index (χ1v) is 7.49. The fourth-order valence-electron chi connectivity index (χ4n) is 2.54. The molecule has 20 heavy (non-hydrogen) atoms. The number of hydrogen-bond donors (Lipinski definition) is 0. The number of hydrogen-bond acceptors (Lipinski definition) is 3. The van der Waals surface area contributed by atoms with E-state index in [1.807, 2.05) is 19.1 Å². The van der Waals surface area contributed by atoms with E-state index in [4.69, 9.17) is 4.74 Å². The first-order chi connectivity index (χ1) is 9.54. The number of rotatable bonds is 2. The number of halogens is 1. The van der Waals surface area contributed by atoms with Crippen molar-refractivity contribution in [2.45, 2.75) is 32.2 Å². The number of aryl methyl sites for hydroxylation is 1.